The summed E-state index contributed by atoms with van der Waals surface area (Å²) in [5.74, 6) is 1.29. The molecule has 11 heteroatoms. The predicted octanol–water partition coefficient (Wildman–Crippen LogP) is 6.87. The Labute approximate surface area is 264 Å². The van der Waals surface area contributed by atoms with Gasteiger partial charge in [0.2, 0.25) is 16.9 Å². The van der Waals surface area contributed by atoms with Crippen LogP contribution < -0.4 is 15.4 Å². The van der Waals surface area contributed by atoms with E-state index in [9.17, 15) is 9.59 Å². The molecule has 6 rings (SSSR count). The van der Waals surface area contributed by atoms with Gasteiger partial charge in [0, 0.05) is 28.6 Å². The summed E-state index contributed by atoms with van der Waals surface area (Å²) in [4.78, 5) is 37.4. The highest BCUT2D eigenvalue weighted by atomic mass is 32.1. The number of ether oxygens (including phenoxy) is 1. The summed E-state index contributed by atoms with van der Waals surface area (Å²) < 4.78 is 5.42. The van der Waals surface area contributed by atoms with Gasteiger partial charge in [0.1, 0.15) is 17.1 Å². The van der Waals surface area contributed by atoms with Crippen LogP contribution >= 0.6 is 11.3 Å². The van der Waals surface area contributed by atoms with Crippen molar-refractivity contribution in [3.05, 3.63) is 89.5 Å². The number of aryl methyl sites for hydroxylation is 1. The van der Waals surface area contributed by atoms with Gasteiger partial charge in [-0.05, 0) is 60.4 Å². The van der Waals surface area contributed by atoms with Crippen molar-refractivity contribution >= 4 is 50.0 Å². The monoisotopic (exact) mass is 621 g/mol. The van der Waals surface area contributed by atoms with E-state index >= 15 is 0 Å². The number of hydrogen-bond acceptors (Lipinski definition) is 7. The molecule has 3 heterocycles. The minimum atomic E-state index is -0.318. The van der Waals surface area contributed by atoms with Crippen LogP contribution in [0.4, 0.5) is 5.13 Å². The zero-order chi connectivity index (χ0) is 31.2. The summed E-state index contributed by atoms with van der Waals surface area (Å²) in [6, 6.07) is 20.1. The summed E-state index contributed by atoms with van der Waals surface area (Å²) in [6.45, 7) is 1.98. The fraction of sp³-hybridized carbons (Fsp3) is 0.265. The fourth-order valence-corrected chi connectivity index (χ4v) is 6.10. The van der Waals surface area contributed by atoms with Crippen molar-refractivity contribution in [2.45, 2.75) is 51.5 Å². The van der Waals surface area contributed by atoms with E-state index in [2.05, 4.69) is 61.1 Å². The minimum Gasteiger partial charge on any atom is -0.497 e. The normalized spacial score (nSPS) is 12.0. The maximum absolute atomic E-state index is 13.5. The van der Waals surface area contributed by atoms with Gasteiger partial charge in [0.25, 0.3) is 0 Å². The molecule has 3 aromatic carbocycles. The van der Waals surface area contributed by atoms with Crippen LogP contribution in [0, 0.1) is 6.92 Å². The molecule has 1 atom stereocenters. The van der Waals surface area contributed by atoms with Gasteiger partial charge in [0.15, 0.2) is 0 Å². The highest BCUT2D eigenvalue weighted by molar-refractivity contribution is 7.13. The molecule has 0 fully saturated rings. The Morgan fingerprint density at radius 1 is 0.978 bits per heavy atom. The smallest absolute Gasteiger partial charge is 0.226 e. The number of unbranched alkanes of at least 4 members (excludes halogenated alkanes) is 2. The molecule has 0 aliphatic heterocycles. The number of anilines is 1. The van der Waals surface area contributed by atoms with Gasteiger partial charge >= 0.3 is 0 Å². The van der Waals surface area contributed by atoms with Crippen LogP contribution in [0.2, 0.25) is 0 Å². The molecule has 230 valence electrons. The van der Waals surface area contributed by atoms with Crippen molar-refractivity contribution in [3.63, 3.8) is 0 Å². The molecule has 4 N–H and O–H groups in total. The zero-order valence-corrected chi connectivity index (χ0v) is 26.0. The van der Waals surface area contributed by atoms with Crippen molar-refractivity contribution in [1.82, 2.24) is 30.5 Å². The van der Waals surface area contributed by atoms with Gasteiger partial charge in [-0.15, -0.1) is 10.2 Å². The van der Waals surface area contributed by atoms with E-state index in [0.717, 1.165) is 63.8 Å². The first-order valence-electron chi connectivity index (χ1n) is 15.0. The maximum Gasteiger partial charge on any atom is 0.226 e. The molecule has 0 bridgehead atoms. The summed E-state index contributed by atoms with van der Waals surface area (Å²) in [5, 5.41) is 17.4. The first-order valence-corrected chi connectivity index (χ1v) is 15.9. The van der Waals surface area contributed by atoms with E-state index in [4.69, 9.17) is 9.72 Å². The Kier molecular flexibility index (Phi) is 9.16. The second-order valence-corrected chi connectivity index (χ2v) is 11.9. The number of hydrogen-bond donors (Lipinski definition) is 4. The van der Waals surface area contributed by atoms with Crippen LogP contribution in [-0.2, 0) is 16.0 Å². The van der Waals surface area contributed by atoms with E-state index in [1.807, 2.05) is 43.5 Å². The van der Waals surface area contributed by atoms with E-state index in [1.165, 1.54) is 16.7 Å². The van der Waals surface area contributed by atoms with Gasteiger partial charge < -0.3 is 25.3 Å². The number of carbonyl (C=O) groups excluding carboxylic acids is 2. The van der Waals surface area contributed by atoms with Crippen molar-refractivity contribution in [3.8, 4) is 17.0 Å². The lowest BCUT2D eigenvalue weighted by Crippen LogP contribution is -2.30. The number of nitrogens with zero attached hydrogens (tertiary/aromatic N) is 3. The molecule has 0 radical (unpaired) electrons. The Morgan fingerprint density at radius 3 is 2.67 bits per heavy atom. The second-order valence-electron chi connectivity index (χ2n) is 11.1. The van der Waals surface area contributed by atoms with E-state index in [0.29, 0.717) is 23.8 Å². The Morgan fingerprint density at radius 2 is 1.84 bits per heavy atom. The van der Waals surface area contributed by atoms with Crippen LogP contribution in [-0.4, -0.2) is 44.1 Å². The largest absolute Gasteiger partial charge is 0.497 e. The summed E-state index contributed by atoms with van der Waals surface area (Å²) in [7, 11) is 1.64. The number of imidazole rings is 1. The number of nitrogens with one attached hydrogen (secondary N) is 4. The highest BCUT2D eigenvalue weighted by Gasteiger charge is 2.21. The van der Waals surface area contributed by atoms with E-state index in [1.54, 1.807) is 12.6 Å². The van der Waals surface area contributed by atoms with Gasteiger partial charge in [0.05, 0.1) is 31.5 Å². The number of rotatable bonds is 13. The molecular weight excluding hydrogens is 586 g/mol. The average Bonchev–Trinajstić information content (AvgIpc) is 3.81. The molecular formula is C34H35N7O3S. The molecule has 0 saturated carbocycles. The van der Waals surface area contributed by atoms with Crippen LogP contribution in [0.1, 0.15) is 55.2 Å². The van der Waals surface area contributed by atoms with Gasteiger partial charge in [-0.2, -0.15) is 0 Å². The lowest BCUT2D eigenvalue weighted by atomic mass is 10.0. The van der Waals surface area contributed by atoms with Crippen LogP contribution in [0.15, 0.2) is 72.4 Å². The minimum absolute atomic E-state index is 0.0756. The van der Waals surface area contributed by atoms with Crippen LogP contribution in [0.3, 0.4) is 0 Å². The predicted molar refractivity (Wildman–Crippen MR) is 177 cm³/mol. The van der Waals surface area contributed by atoms with Crippen molar-refractivity contribution in [2.24, 2.45) is 0 Å². The Bertz CT molecular complexity index is 1930. The van der Waals surface area contributed by atoms with Crippen molar-refractivity contribution in [1.29, 1.82) is 0 Å². The molecule has 10 nitrogen and oxygen atoms in total. The average molecular weight is 622 g/mol. The SMILES string of the molecule is COc1ccc2[nH]c(C)c(CC(=O)N[C@@H](CCCCCC(=O)Nc3nncs3)c3ncc(-c4ccc5ccccc5c4)[nH]3)c2c1. The number of fused-ring (bicyclic) bond motifs is 2. The molecule has 0 spiro atoms. The number of aromatic amines is 2. The number of aromatic nitrogens is 5. The third-order valence-electron chi connectivity index (χ3n) is 7.99. The fourth-order valence-electron chi connectivity index (χ4n) is 5.64. The summed E-state index contributed by atoms with van der Waals surface area (Å²) >= 11 is 1.29. The van der Waals surface area contributed by atoms with Gasteiger partial charge in [-0.1, -0.05) is 60.6 Å². The summed E-state index contributed by atoms with van der Waals surface area (Å²) in [6.07, 6.45) is 5.48. The molecule has 2 amide bonds. The quantitative estimate of drug-likeness (QED) is 0.104. The molecule has 3 aromatic heterocycles. The summed E-state index contributed by atoms with van der Waals surface area (Å²) in [5.41, 5.74) is 6.37. The van der Waals surface area contributed by atoms with Gasteiger partial charge in [-0.3, -0.25) is 9.59 Å². The lowest BCUT2D eigenvalue weighted by Gasteiger charge is -2.17. The molecule has 0 aliphatic rings. The number of benzene rings is 3. The van der Waals surface area contributed by atoms with Crippen molar-refractivity contribution in [2.75, 3.05) is 12.4 Å². The topological polar surface area (TPSA) is 138 Å². The molecule has 0 aliphatic carbocycles. The van der Waals surface area contributed by atoms with Crippen molar-refractivity contribution < 1.29 is 14.3 Å². The number of amides is 2. The number of carbonyl (C=O) groups is 2. The third-order valence-corrected chi connectivity index (χ3v) is 8.59. The first kappa shape index (κ1) is 30.0. The lowest BCUT2D eigenvalue weighted by molar-refractivity contribution is -0.121. The standard InChI is InChI=1S/C34H35N7O3S/c1-21-26(27-17-25(44-2)14-15-28(27)37-21)18-32(43)38-29(10-4-3-5-11-31(42)40-34-41-36-20-45-34)33-35-19-30(39-33)24-13-12-22-8-6-7-9-23(22)16-24/h6-9,12-17,19-20,29,37H,3-5,10-11,18H2,1-2H3,(H,35,39)(H,38,43)(H,40,41,42)/t29-/m0/s1. The second kappa shape index (κ2) is 13.7. The molecule has 0 unspecified atom stereocenters. The highest BCUT2D eigenvalue weighted by Crippen LogP contribution is 2.28. The molecule has 6 aromatic rings. The number of methoxy groups -OCH3 is 1. The molecule has 45 heavy (non-hydrogen) atoms. The van der Waals surface area contributed by atoms with Crippen LogP contribution in [0.5, 0.6) is 5.75 Å². The first-order chi connectivity index (χ1) is 22.0. The number of H-pyrrole nitrogens is 2. The Hall–Kier alpha value is -5.03. The van der Waals surface area contributed by atoms with Gasteiger partial charge in [-0.25, -0.2) is 4.98 Å². The third kappa shape index (κ3) is 7.21. The molecule has 0 saturated heterocycles. The zero-order valence-electron chi connectivity index (χ0n) is 25.2. The van der Waals surface area contributed by atoms with E-state index in [-0.39, 0.29) is 24.3 Å². The Balaban J connectivity index is 1.15. The van der Waals surface area contributed by atoms with Crippen LogP contribution in [0.25, 0.3) is 32.9 Å². The van der Waals surface area contributed by atoms with E-state index < -0.39 is 0 Å². The maximum atomic E-state index is 13.5.